The molecule has 1 saturated heterocycles. The zero-order valence-corrected chi connectivity index (χ0v) is 13.5. The van der Waals surface area contributed by atoms with Crippen LogP contribution in [0.2, 0.25) is 0 Å². The first-order chi connectivity index (χ1) is 11.0. The molecule has 8 heteroatoms. The number of hydrogen-bond acceptors (Lipinski definition) is 5. The second kappa shape index (κ2) is 5.96. The van der Waals surface area contributed by atoms with Crippen molar-refractivity contribution < 1.29 is 4.79 Å². The normalized spacial score (nSPS) is 19.1. The maximum atomic E-state index is 12.8. The van der Waals surface area contributed by atoms with Gasteiger partial charge >= 0.3 is 0 Å². The van der Waals surface area contributed by atoms with Crippen LogP contribution in [0, 0.1) is 6.92 Å². The molecule has 3 heterocycles. The monoisotopic (exact) mass is 316 g/mol. The number of amides is 1. The molecule has 0 aromatic carbocycles. The Kier molecular flexibility index (Phi) is 3.99. The fraction of sp³-hybridized carbons (Fsp3) is 0.467. The molecule has 0 radical (unpaired) electrons. The largest absolute Gasteiger partial charge is 0.333 e. The van der Waals surface area contributed by atoms with Crippen LogP contribution in [0.5, 0.6) is 0 Å². The number of carbonyl (C=O) groups is 1. The summed E-state index contributed by atoms with van der Waals surface area (Å²) in [6, 6.07) is 3.12. The van der Waals surface area contributed by atoms with Crippen molar-refractivity contribution in [1.82, 2.24) is 29.8 Å². The average Bonchev–Trinajstić information content (AvgIpc) is 2.89. The van der Waals surface area contributed by atoms with Gasteiger partial charge in [-0.3, -0.25) is 9.59 Å². The highest BCUT2D eigenvalue weighted by Gasteiger charge is 2.28. The zero-order valence-electron chi connectivity index (χ0n) is 13.5. The first-order valence-corrected chi connectivity index (χ1v) is 7.57. The summed E-state index contributed by atoms with van der Waals surface area (Å²) in [6.45, 7) is 6.31. The molecule has 8 nitrogen and oxygen atoms in total. The van der Waals surface area contributed by atoms with Gasteiger partial charge in [0.25, 0.3) is 11.5 Å². The smallest absolute Gasteiger partial charge is 0.264 e. The molecule has 1 aliphatic rings. The Hall–Kier alpha value is -2.48. The Bertz CT molecular complexity index is 760. The molecule has 2 aromatic rings. The predicted octanol–water partition coefficient (Wildman–Crippen LogP) is 0.0401. The third-order valence-electron chi connectivity index (χ3n) is 4.21. The Morgan fingerprint density at radius 2 is 2.13 bits per heavy atom. The highest BCUT2D eigenvalue weighted by molar-refractivity contribution is 5.95. The molecule has 1 fully saturated rings. The molecule has 0 aliphatic carbocycles. The summed E-state index contributed by atoms with van der Waals surface area (Å²) in [5.74, 6) is 0.464. The molecule has 0 saturated carbocycles. The molecular formula is C15H20N6O2. The van der Waals surface area contributed by atoms with E-state index in [-0.39, 0.29) is 17.5 Å². The van der Waals surface area contributed by atoms with Crippen molar-refractivity contribution in [2.24, 2.45) is 0 Å². The second-order valence-corrected chi connectivity index (χ2v) is 5.94. The molecule has 1 aliphatic heterocycles. The van der Waals surface area contributed by atoms with Gasteiger partial charge in [0.15, 0.2) is 5.82 Å². The third-order valence-corrected chi connectivity index (χ3v) is 4.21. The van der Waals surface area contributed by atoms with E-state index >= 15 is 0 Å². The first-order valence-electron chi connectivity index (χ1n) is 7.57. The Morgan fingerprint density at radius 1 is 1.35 bits per heavy atom. The van der Waals surface area contributed by atoms with Crippen LogP contribution >= 0.6 is 0 Å². The van der Waals surface area contributed by atoms with Gasteiger partial charge in [0.2, 0.25) is 0 Å². The molecule has 1 N–H and O–H groups in total. The maximum absolute atomic E-state index is 12.8. The van der Waals surface area contributed by atoms with E-state index in [0.717, 1.165) is 13.1 Å². The molecule has 0 spiro atoms. The Balaban J connectivity index is 1.88. The molecule has 3 rings (SSSR count). The summed E-state index contributed by atoms with van der Waals surface area (Å²) in [5, 5.41) is 10.6. The van der Waals surface area contributed by atoms with Crippen LogP contribution < -0.4 is 5.56 Å². The van der Waals surface area contributed by atoms with Crippen molar-refractivity contribution in [3.05, 3.63) is 39.9 Å². The minimum Gasteiger partial charge on any atom is -0.333 e. The van der Waals surface area contributed by atoms with Gasteiger partial charge in [-0.15, -0.1) is 0 Å². The number of H-pyrrole nitrogens is 1. The molecule has 23 heavy (non-hydrogen) atoms. The summed E-state index contributed by atoms with van der Waals surface area (Å²) in [5.41, 5.74) is 0.996. The number of piperazine rings is 1. The fourth-order valence-electron chi connectivity index (χ4n) is 2.90. The van der Waals surface area contributed by atoms with Gasteiger partial charge in [0.1, 0.15) is 0 Å². The Morgan fingerprint density at radius 3 is 2.78 bits per heavy atom. The molecule has 0 bridgehead atoms. The standard InChI is InChI=1S/C15H20N6O2/c1-10-9-19(3)6-7-20(10)15(23)12-8-16-21(11(12)2)13-4-5-14(22)18-17-13/h4-5,8,10H,6-7,9H2,1-3H3,(H,18,22)/t10-/m1/s1. The van der Waals surface area contributed by atoms with E-state index in [4.69, 9.17) is 0 Å². The van der Waals surface area contributed by atoms with Gasteiger partial charge in [-0.1, -0.05) is 0 Å². The molecular weight excluding hydrogens is 296 g/mol. The van der Waals surface area contributed by atoms with E-state index < -0.39 is 0 Å². The number of aromatic amines is 1. The van der Waals surface area contributed by atoms with Crippen LogP contribution in [0.25, 0.3) is 5.82 Å². The van der Waals surface area contributed by atoms with E-state index in [0.29, 0.717) is 23.6 Å². The van der Waals surface area contributed by atoms with E-state index in [9.17, 15) is 9.59 Å². The second-order valence-electron chi connectivity index (χ2n) is 5.94. The van der Waals surface area contributed by atoms with Crippen molar-refractivity contribution in [2.45, 2.75) is 19.9 Å². The average molecular weight is 316 g/mol. The maximum Gasteiger partial charge on any atom is 0.264 e. The lowest BCUT2D eigenvalue weighted by molar-refractivity contribution is 0.0533. The van der Waals surface area contributed by atoms with Gasteiger partial charge in [-0.25, -0.2) is 9.78 Å². The minimum absolute atomic E-state index is 0.0150. The van der Waals surface area contributed by atoms with Crippen LogP contribution in [0.3, 0.4) is 0 Å². The molecule has 1 amide bonds. The lowest BCUT2D eigenvalue weighted by atomic mass is 10.1. The molecule has 0 unspecified atom stereocenters. The predicted molar refractivity (Wildman–Crippen MR) is 84.7 cm³/mol. The number of hydrogen-bond donors (Lipinski definition) is 1. The van der Waals surface area contributed by atoms with Gasteiger partial charge in [0, 0.05) is 31.7 Å². The Labute approximate surface area is 133 Å². The highest BCUT2D eigenvalue weighted by Crippen LogP contribution is 2.17. The number of aromatic nitrogens is 4. The first kappa shape index (κ1) is 15.4. The number of carbonyl (C=O) groups excluding carboxylic acids is 1. The highest BCUT2D eigenvalue weighted by atomic mass is 16.2. The summed E-state index contributed by atoms with van der Waals surface area (Å²) >= 11 is 0. The number of nitrogens with zero attached hydrogens (tertiary/aromatic N) is 5. The topological polar surface area (TPSA) is 87.1 Å². The zero-order chi connectivity index (χ0) is 16.6. The van der Waals surface area contributed by atoms with Crippen LogP contribution in [0.1, 0.15) is 23.0 Å². The minimum atomic E-state index is -0.277. The number of likely N-dealkylation sites (N-methyl/N-ethyl adjacent to an activating group) is 1. The van der Waals surface area contributed by atoms with Crippen LogP contribution in [0.15, 0.2) is 23.1 Å². The SMILES string of the molecule is Cc1c(C(=O)N2CCN(C)C[C@H]2C)cnn1-c1ccc(=O)[nH]n1. The van der Waals surface area contributed by atoms with Crippen molar-refractivity contribution in [3.63, 3.8) is 0 Å². The van der Waals surface area contributed by atoms with Crippen LogP contribution in [-0.2, 0) is 0 Å². The number of nitrogens with one attached hydrogen (secondary N) is 1. The van der Waals surface area contributed by atoms with E-state index in [1.807, 2.05) is 11.8 Å². The van der Waals surface area contributed by atoms with Crippen molar-refractivity contribution >= 4 is 5.91 Å². The molecule has 122 valence electrons. The summed E-state index contributed by atoms with van der Waals surface area (Å²) in [6.07, 6.45) is 1.56. The van der Waals surface area contributed by atoms with Crippen molar-refractivity contribution in [3.8, 4) is 5.82 Å². The number of rotatable bonds is 2. The van der Waals surface area contributed by atoms with Gasteiger partial charge < -0.3 is 9.80 Å². The summed E-state index contributed by atoms with van der Waals surface area (Å²) in [4.78, 5) is 28.0. The lowest BCUT2D eigenvalue weighted by Crippen LogP contribution is -2.52. The van der Waals surface area contributed by atoms with Gasteiger partial charge in [0.05, 0.1) is 17.5 Å². The summed E-state index contributed by atoms with van der Waals surface area (Å²) in [7, 11) is 2.06. The van der Waals surface area contributed by atoms with Gasteiger partial charge in [-0.05, 0) is 27.0 Å². The van der Waals surface area contributed by atoms with Crippen molar-refractivity contribution in [2.75, 3.05) is 26.7 Å². The van der Waals surface area contributed by atoms with E-state index in [1.54, 1.807) is 16.9 Å². The molecule has 2 aromatic heterocycles. The van der Waals surface area contributed by atoms with Crippen LogP contribution in [-0.4, -0.2) is 68.4 Å². The third kappa shape index (κ3) is 2.89. The van der Waals surface area contributed by atoms with Gasteiger partial charge in [-0.2, -0.15) is 10.2 Å². The van der Waals surface area contributed by atoms with E-state index in [2.05, 4.69) is 34.2 Å². The quantitative estimate of drug-likeness (QED) is 0.845. The molecule has 1 atom stereocenters. The fourth-order valence-corrected chi connectivity index (χ4v) is 2.90. The lowest BCUT2D eigenvalue weighted by Gasteiger charge is -2.38. The van der Waals surface area contributed by atoms with Crippen molar-refractivity contribution in [1.29, 1.82) is 0 Å². The van der Waals surface area contributed by atoms with Crippen LogP contribution in [0.4, 0.5) is 0 Å². The summed E-state index contributed by atoms with van der Waals surface area (Å²) < 4.78 is 1.56. The van der Waals surface area contributed by atoms with E-state index in [1.165, 1.54) is 6.07 Å².